The molecule has 0 fully saturated rings. The van der Waals surface area contributed by atoms with Crippen LogP contribution in [0.3, 0.4) is 0 Å². The second kappa shape index (κ2) is 6.85. The highest BCUT2D eigenvalue weighted by molar-refractivity contribution is 9.10. The Hall–Kier alpha value is -1.40. The van der Waals surface area contributed by atoms with E-state index in [1.807, 2.05) is 30.3 Å². The van der Waals surface area contributed by atoms with E-state index >= 15 is 0 Å². The van der Waals surface area contributed by atoms with Crippen molar-refractivity contribution in [2.75, 3.05) is 18.5 Å². The first-order valence-electron chi connectivity index (χ1n) is 6.00. The van der Waals surface area contributed by atoms with Crippen molar-refractivity contribution in [2.24, 2.45) is 0 Å². The number of anilines is 1. The number of furan rings is 1. The fourth-order valence-electron chi connectivity index (χ4n) is 1.61. The minimum atomic E-state index is 0.0510. The summed E-state index contributed by atoms with van der Waals surface area (Å²) in [6.45, 7) is 0.481. The lowest BCUT2D eigenvalue weighted by Crippen LogP contribution is -2.27. The molecule has 106 valence electrons. The van der Waals surface area contributed by atoms with Gasteiger partial charge in [-0.3, -0.25) is 4.79 Å². The van der Waals surface area contributed by atoms with Crippen LogP contribution in [0.2, 0.25) is 0 Å². The molecule has 1 aromatic carbocycles. The lowest BCUT2D eigenvalue weighted by molar-refractivity contribution is -0.127. The van der Waals surface area contributed by atoms with Gasteiger partial charge in [0.1, 0.15) is 5.76 Å². The quantitative estimate of drug-likeness (QED) is 0.660. The maximum absolute atomic E-state index is 12.0. The van der Waals surface area contributed by atoms with Gasteiger partial charge in [-0.05, 0) is 46.3 Å². The molecule has 0 saturated carbocycles. The molecule has 0 spiro atoms. The summed E-state index contributed by atoms with van der Waals surface area (Å²) in [6.07, 6.45) is 1.61. The number of benzene rings is 1. The second-order valence-corrected chi connectivity index (χ2v) is 6.18. The molecule has 1 heterocycles. The average molecular weight is 355 g/mol. The van der Waals surface area contributed by atoms with Gasteiger partial charge in [0.2, 0.25) is 5.91 Å². The van der Waals surface area contributed by atoms with Crippen molar-refractivity contribution in [2.45, 2.75) is 11.4 Å². The van der Waals surface area contributed by atoms with Gasteiger partial charge in [-0.25, -0.2) is 0 Å². The number of halogens is 1. The van der Waals surface area contributed by atoms with E-state index < -0.39 is 0 Å². The van der Waals surface area contributed by atoms with Gasteiger partial charge in [-0.15, -0.1) is 11.8 Å². The summed E-state index contributed by atoms with van der Waals surface area (Å²) >= 11 is 4.92. The Balaban J connectivity index is 1.88. The predicted molar refractivity (Wildman–Crippen MR) is 84.5 cm³/mol. The topological polar surface area (TPSA) is 59.5 Å². The number of nitrogen functional groups attached to an aromatic ring is 1. The molecule has 2 rings (SSSR count). The number of nitrogens with two attached hydrogens (primary N) is 1. The number of rotatable bonds is 5. The Morgan fingerprint density at radius 3 is 2.90 bits per heavy atom. The largest absolute Gasteiger partial charge is 0.467 e. The van der Waals surface area contributed by atoms with Gasteiger partial charge in [-0.2, -0.15) is 0 Å². The van der Waals surface area contributed by atoms with Crippen LogP contribution in [0, 0.1) is 0 Å². The molecule has 0 atom stereocenters. The molecule has 2 N–H and O–H groups in total. The summed E-state index contributed by atoms with van der Waals surface area (Å²) in [5, 5.41) is 0. The highest BCUT2D eigenvalue weighted by Gasteiger charge is 2.12. The summed E-state index contributed by atoms with van der Waals surface area (Å²) in [6, 6.07) is 9.23. The molecule has 0 aliphatic rings. The van der Waals surface area contributed by atoms with Crippen molar-refractivity contribution in [3.63, 3.8) is 0 Å². The van der Waals surface area contributed by atoms with Gasteiger partial charge in [0, 0.05) is 22.1 Å². The van der Waals surface area contributed by atoms with Crippen LogP contribution in [0.4, 0.5) is 5.69 Å². The standard InChI is InChI=1S/C14H15BrN2O2S/c1-17(8-11-3-2-6-19-11)14(18)9-20-13-5-4-10(16)7-12(13)15/h2-7H,8-9,16H2,1H3. The highest BCUT2D eigenvalue weighted by atomic mass is 79.9. The molecule has 0 saturated heterocycles. The monoisotopic (exact) mass is 354 g/mol. The van der Waals surface area contributed by atoms with Crippen molar-refractivity contribution < 1.29 is 9.21 Å². The zero-order chi connectivity index (χ0) is 14.5. The third-order valence-corrected chi connectivity index (χ3v) is 4.68. The van der Waals surface area contributed by atoms with Crippen molar-refractivity contribution in [3.05, 3.63) is 46.8 Å². The van der Waals surface area contributed by atoms with Crippen molar-refractivity contribution in [3.8, 4) is 0 Å². The van der Waals surface area contributed by atoms with Gasteiger partial charge in [0.25, 0.3) is 0 Å². The fraction of sp³-hybridized carbons (Fsp3) is 0.214. The molecule has 1 aromatic heterocycles. The van der Waals surface area contributed by atoms with Crippen LogP contribution in [0.25, 0.3) is 0 Å². The van der Waals surface area contributed by atoms with Crippen LogP contribution in [-0.4, -0.2) is 23.6 Å². The Morgan fingerprint density at radius 2 is 2.25 bits per heavy atom. The van der Waals surface area contributed by atoms with Gasteiger partial charge in [0.15, 0.2) is 0 Å². The number of thioether (sulfide) groups is 1. The summed E-state index contributed by atoms with van der Waals surface area (Å²) in [4.78, 5) is 14.7. The summed E-state index contributed by atoms with van der Waals surface area (Å²) in [5.74, 6) is 1.20. The third-order valence-electron chi connectivity index (χ3n) is 2.71. The van der Waals surface area contributed by atoms with Gasteiger partial charge in [0.05, 0.1) is 18.6 Å². The molecule has 2 aromatic rings. The Labute approximate surface area is 130 Å². The third kappa shape index (κ3) is 4.05. The molecule has 0 aliphatic heterocycles. The first-order chi connectivity index (χ1) is 9.56. The first-order valence-corrected chi connectivity index (χ1v) is 7.78. The number of carbonyl (C=O) groups is 1. The summed E-state index contributed by atoms with van der Waals surface area (Å²) in [5.41, 5.74) is 6.38. The lowest BCUT2D eigenvalue weighted by atomic mass is 10.3. The number of amides is 1. The van der Waals surface area contributed by atoms with Gasteiger partial charge >= 0.3 is 0 Å². The maximum Gasteiger partial charge on any atom is 0.233 e. The van der Waals surface area contributed by atoms with E-state index in [0.29, 0.717) is 18.0 Å². The smallest absolute Gasteiger partial charge is 0.233 e. The van der Waals surface area contributed by atoms with E-state index in [4.69, 9.17) is 10.2 Å². The predicted octanol–water partition coefficient (Wildman–Crippen LogP) is 3.38. The van der Waals surface area contributed by atoms with Crippen LogP contribution >= 0.6 is 27.7 Å². The summed E-state index contributed by atoms with van der Waals surface area (Å²) < 4.78 is 6.13. The van der Waals surface area contributed by atoms with E-state index in [0.717, 1.165) is 15.1 Å². The number of carbonyl (C=O) groups excluding carboxylic acids is 1. The lowest BCUT2D eigenvalue weighted by Gasteiger charge is -2.15. The van der Waals surface area contributed by atoms with E-state index in [-0.39, 0.29) is 5.91 Å². The molecule has 1 amide bonds. The maximum atomic E-state index is 12.0. The zero-order valence-corrected chi connectivity index (χ0v) is 13.4. The normalized spacial score (nSPS) is 10.5. The molecule has 20 heavy (non-hydrogen) atoms. The van der Waals surface area contributed by atoms with Crippen molar-refractivity contribution in [1.29, 1.82) is 0 Å². The molecule has 0 bridgehead atoms. The highest BCUT2D eigenvalue weighted by Crippen LogP contribution is 2.29. The molecule has 0 unspecified atom stereocenters. The van der Waals surface area contributed by atoms with Crippen LogP contribution in [0.15, 0.2) is 50.4 Å². The van der Waals surface area contributed by atoms with E-state index in [2.05, 4.69) is 15.9 Å². The second-order valence-electron chi connectivity index (χ2n) is 4.31. The first kappa shape index (κ1) is 15.0. The molecular weight excluding hydrogens is 340 g/mol. The Morgan fingerprint density at radius 1 is 1.45 bits per heavy atom. The zero-order valence-electron chi connectivity index (χ0n) is 11.0. The Kier molecular flexibility index (Phi) is 5.14. The average Bonchev–Trinajstić information content (AvgIpc) is 2.90. The minimum Gasteiger partial charge on any atom is -0.467 e. The molecule has 6 heteroatoms. The molecule has 4 nitrogen and oxygen atoms in total. The number of nitrogens with zero attached hydrogens (tertiary/aromatic N) is 1. The van der Waals surface area contributed by atoms with E-state index in [1.54, 1.807) is 18.2 Å². The van der Waals surface area contributed by atoms with Crippen LogP contribution in [0.5, 0.6) is 0 Å². The van der Waals surface area contributed by atoms with E-state index in [9.17, 15) is 4.79 Å². The van der Waals surface area contributed by atoms with Crippen LogP contribution < -0.4 is 5.73 Å². The molecule has 0 radical (unpaired) electrons. The van der Waals surface area contributed by atoms with Crippen molar-refractivity contribution >= 4 is 39.3 Å². The van der Waals surface area contributed by atoms with Crippen molar-refractivity contribution in [1.82, 2.24) is 4.90 Å². The Bertz CT molecular complexity index is 587. The summed E-state index contributed by atoms with van der Waals surface area (Å²) in [7, 11) is 1.77. The van der Waals surface area contributed by atoms with Crippen LogP contribution in [0.1, 0.15) is 5.76 Å². The molecule has 0 aliphatic carbocycles. The van der Waals surface area contributed by atoms with Crippen LogP contribution in [-0.2, 0) is 11.3 Å². The number of hydrogen-bond donors (Lipinski definition) is 1. The minimum absolute atomic E-state index is 0.0510. The molecular formula is C14H15BrN2O2S. The van der Waals surface area contributed by atoms with E-state index in [1.165, 1.54) is 11.8 Å². The van der Waals surface area contributed by atoms with Gasteiger partial charge in [-0.1, -0.05) is 0 Å². The number of hydrogen-bond acceptors (Lipinski definition) is 4. The fourth-order valence-corrected chi connectivity index (χ4v) is 3.21. The SMILES string of the molecule is CN(Cc1ccco1)C(=O)CSc1ccc(N)cc1Br. The van der Waals surface area contributed by atoms with Gasteiger partial charge < -0.3 is 15.1 Å².